The Morgan fingerprint density at radius 1 is 1.21 bits per heavy atom. The first-order valence-corrected chi connectivity index (χ1v) is 8.06. The number of H-pyrrole nitrogens is 1. The molecule has 2 aromatic heterocycles. The fourth-order valence-electron chi connectivity index (χ4n) is 2.75. The lowest BCUT2D eigenvalue weighted by Crippen LogP contribution is -2.40. The van der Waals surface area contributed by atoms with Crippen molar-refractivity contribution in [3.63, 3.8) is 0 Å². The molecule has 1 fully saturated rings. The molecule has 2 heterocycles. The van der Waals surface area contributed by atoms with Crippen molar-refractivity contribution >= 4 is 5.91 Å². The van der Waals surface area contributed by atoms with Crippen LogP contribution in [0.4, 0.5) is 0 Å². The summed E-state index contributed by atoms with van der Waals surface area (Å²) in [7, 11) is 0. The van der Waals surface area contributed by atoms with E-state index in [1.165, 1.54) is 12.1 Å². The topological polar surface area (TPSA) is 97.0 Å². The van der Waals surface area contributed by atoms with Crippen LogP contribution in [0.2, 0.25) is 0 Å². The molecule has 7 heteroatoms. The van der Waals surface area contributed by atoms with Gasteiger partial charge in [-0.15, -0.1) is 0 Å². The van der Waals surface area contributed by atoms with Crippen LogP contribution in [0.3, 0.4) is 0 Å². The molecule has 0 spiro atoms. The molecule has 0 bridgehead atoms. The first-order valence-electron chi connectivity index (χ1n) is 8.06. The zero-order valence-corrected chi connectivity index (χ0v) is 13.5. The summed E-state index contributed by atoms with van der Waals surface area (Å²) in [4.78, 5) is 27.3. The van der Waals surface area contributed by atoms with Gasteiger partial charge >= 0.3 is 0 Å². The maximum Gasteiger partial charge on any atom is 0.271 e. The van der Waals surface area contributed by atoms with Crippen molar-refractivity contribution < 1.29 is 9.53 Å². The fraction of sp³-hybridized carbons (Fsp3) is 0.412. The normalized spacial score (nSPS) is 20.4. The van der Waals surface area contributed by atoms with Gasteiger partial charge in [0.2, 0.25) is 5.88 Å². The third kappa shape index (κ3) is 4.18. The summed E-state index contributed by atoms with van der Waals surface area (Å²) in [5.41, 5.74) is 0.996. The smallest absolute Gasteiger partial charge is 0.271 e. The van der Waals surface area contributed by atoms with E-state index in [9.17, 15) is 9.59 Å². The summed E-state index contributed by atoms with van der Waals surface area (Å²) in [6.45, 7) is 1.99. The minimum atomic E-state index is -0.325. The molecule has 0 radical (unpaired) electrons. The van der Waals surface area contributed by atoms with Crippen LogP contribution in [-0.4, -0.2) is 33.2 Å². The Labute approximate surface area is 139 Å². The minimum absolute atomic E-state index is 0.0945. The van der Waals surface area contributed by atoms with E-state index in [1.54, 1.807) is 6.20 Å². The number of hydrogen-bond acceptors (Lipinski definition) is 5. The monoisotopic (exact) mass is 328 g/mol. The third-order valence-corrected chi connectivity index (χ3v) is 4.09. The molecule has 126 valence electrons. The molecule has 2 aromatic rings. The molecule has 24 heavy (non-hydrogen) atoms. The van der Waals surface area contributed by atoms with Gasteiger partial charge < -0.3 is 10.1 Å². The van der Waals surface area contributed by atoms with E-state index in [2.05, 4.69) is 20.5 Å². The molecule has 1 saturated carbocycles. The number of aromatic nitrogens is 3. The van der Waals surface area contributed by atoms with E-state index in [4.69, 9.17) is 4.74 Å². The molecule has 0 aliphatic heterocycles. The summed E-state index contributed by atoms with van der Waals surface area (Å²) < 4.78 is 5.89. The number of aromatic amines is 1. The molecule has 0 unspecified atom stereocenters. The maximum atomic E-state index is 12.1. The number of nitrogens with one attached hydrogen (secondary N) is 2. The number of aryl methyl sites for hydroxylation is 1. The second-order valence-electron chi connectivity index (χ2n) is 6.05. The van der Waals surface area contributed by atoms with E-state index in [1.807, 2.05) is 19.1 Å². The SMILES string of the molecule is Cc1ccc(OC2CCC(NC(=O)c3ccc(=O)[nH]n3)CC2)nc1. The zero-order chi connectivity index (χ0) is 16.9. The van der Waals surface area contributed by atoms with Crippen LogP contribution < -0.4 is 15.6 Å². The van der Waals surface area contributed by atoms with Gasteiger partial charge in [0.15, 0.2) is 0 Å². The van der Waals surface area contributed by atoms with E-state index in [-0.39, 0.29) is 29.3 Å². The lowest BCUT2D eigenvalue weighted by Gasteiger charge is -2.29. The van der Waals surface area contributed by atoms with Gasteiger partial charge in [-0.3, -0.25) is 9.59 Å². The summed E-state index contributed by atoms with van der Waals surface area (Å²) in [5.74, 6) is 0.376. The summed E-state index contributed by atoms with van der Waals surface area (Å²) >= 11 is 0. The highest BCUT2D eigenvalue weighted by atomic mass is 16.5. The highest BCUT2D eigenvalue weighted by Gasteiger charge is 2.24. The first-order chi connectivity index (χ1) is 11.6. The molecule has 0 aromatic carbocycles. The Balaban J connectivity index is 1.48. The maximum absolute atomic E-state index is 12.1. The molecule has 0 atom stereocenters. The Bertz CT molecular complexity index is 729. The van der Waals surface area contributed by atoms with Crippen molar-refractivity contribution in [3.8, 4) is 5.88 Å². The van der Waals surface area contributed by atoms with E-state index >= 15 is 0 Å². The Morgan fingerprint density at radius 3 is 2.62 bits per heavy atom. The van der Waals surface area contributed by atoms with Gasteiger partial charge in [0.05, 0.1) is 0 Å². The number of rotatable bonds is 4. The molecule has 1 aliphatic carbocycles. The number of pyridine rings is 1. The predicted octanol–water partition coefficient (Wildman–Crippen LogP) is 1.59. The summed E-state index contributed by atoms with van der Waals surface area (Å²) in [6, 6.07) is 6.67. The zero-order valence-electron chi connectivity index (χ0n) is 13.5. The van der Waals surface area contributed by atoms with Gasteiger partial charge in [-0.05, 0) is 44.2 Å². The number of amides is 1. The first kappa shape index (κ1) is 16.2. The van der Waals surface area contributed by atoms with E-state index in [0.717, 1.165) is 31.2 Å². The third-order valence-electron chi connectivity index (χ3n) is 4.09. The quantitative estimate of drug-likeness (QED) is 0.888. The fourth-order valence-corrected chi connectivity index (χ4v) is 2.75. The van der Waals surface area contributed by atoms with E-state index in [0.29, 0.717) is 5.88 Å². The molecule has 2 N–H and O–H groups in total. The molecule has 0 saturated heterocycles. The minimum Gasteiger partial charge on any atom is -0.474 e. The van der Waals surface area contributed by atoms with Crippen molar-refractivity contribution in [2.45, 2.75) is 44.8 Å². The molecular formula is C17H20N4O3. The van der Waals surface area contributed by atoms with Gasteiger partial charge in [-0.1, -0.05) is 6.07 Å². The van der Waals surface area contributed by atoms with Crippen LogP contribution in [-0.2, 0) is 0 Å². The van der Waals surface area contributed by atoms with Gasteiger partial charge in [0.25, 0.3) is 11.5 Å². The van der Waals surface area contributed by atoms with Gasteiger partial charge in [-0.2, -0.15) is 5.10 Å². The average molecular weight is 328 g/mol. The standard InChI is InChI=1S/C17H20N4O3/c1-11-2-9-16(18-10-11)24-13-5-3-12(4-6-13)19-17(23)14-7-8-15(22)21-20-14/h2,7-10,12-13H,3-6H2,1H3,(H,19,23)(H,21,22). The van der Waals surface area contributed by atoms with Gasteiger partial charge in [0, 0.05) is 24.4 Å². The van der Waals surface area contributed by atoms with Crippen molar-refractivity contribution in [1.29, 1.82) is 0 Å². The molecule has 3 rings (SSSR count). The van der Waals surface area contributed by atoms with Crippen molar-refractivity contribution in [3.05, 3.63) is 52.1 Å². The number of hydrogen-bond donors (Lipinski definition) is 2. The number of nitrogens with zero attached hydrogens (tertiary/aromatic N) is 2. The Kier molecular flexibility index (Phi) is 4.88. The van der Waals surface area contributed by atoms with Crippen LogP contribution in [0.25, 0.3) is 0 Å². The Morgan fingerprint density at radius 2 is 2.00 bits per heavy atom. The highest BCUT2D eigenvalue weighted by molar-refractivity contribution is 5.92. The van der Waals surface area contributed by atoms with Crippen LogP contribution in [0, 0.1) is 6.92 Å². The number of ether oxygens (including phenoxy) is 1. The average Bonchev–Trinajstić information content (AvgIpc) is 2.59. The second kappa shape index (κ2) is 7.25. The number of carbonyl (C=O) groups is 1. The molecule has 7 nitrogen and oxygen atoms in total. The van der Waals surface area contributed by atoms with Crippen molar-refractivity contribution in [2.75, 3.05) is 0 Å². The molecular weight excluding hydrogens is 308 g/mol. The lowest BCUT2D eigenvalue weighted by atomic mass is 9.93. The van der Waals surface area contributed by atoms with Crippen molar-refractivity contribution in [1.82, 2.24) is 20.5 Å². The van der Waals surface area contributed by atoms with Gasteiger partial charge in [-0.25, -0.2) is 10.1 Å². The highest BCUT2D eigenvalue weighted by Crippen LogP contribution is 2.23. The Hall–Kier alpha value is -2.70. The van der Waals surface area contributed by atoms with Crippen LogP contribution in [0.5, 0.6) is 5.88 Å². The lowest BCUT2D eigenvalue weighted by molar-refractivity contribution is 0.0884. The molecule has 1 amide bonds. The summed E-state index contributed by atoms with van der Waals surface area (Å²) in [5, 5.41) is 8.95. The summed E-state index contributed by atoms with van der Waals surface area (Å²) in [6.07, 6.45) is 5.31. The van der Waals surface area contributed by atoms with Crippen LogP contribution >= 0.6 is 0 Å². The van der Waals surface area contributed by atoms with Crippen LogP contribution in [0.1, 0.15) is 41.7 Å². The van der Waals surface area contributed by atoms with Gasteiger partial charge in [0.1, 0.15) is 11.8 Å². The second-order valence-corrected chi connectivity index (χ2v) is 6.05. The predicted molar refractivity (Wildman–Crippen MR) is 88.0 cm³/mol. The van der Waals surface area contributed by atoms with E-state index < -0.39 is 0 Å². The molecule has 1 aliphatic rings. The largest absolute Gasteiger partial charge is 0.474 e. The number of carbonyl (C=O) groups excluding carboxylic acids is 1. The van der Waals surface area contributed by atoms with Crippen LogP contribution in [0.15, 0.2) is 35.3 Å². The van der Waals surface area contributed by atoms with Crippen molar-refractivity contribution in [2.24, 2.45) is 0 Å².